The van der Waals surface area contributed by atoms with Gasteiger partial charge in [-0.25, -0.2) is 14.4 Å². The SMILES string of the molecule is CN(C)C(=NCc1ccnc(N2CCN(c3ccc(F)cc3)CC2)c1)N(C)C.I. The van der Waals surface area contributed by atoms with Gasteiger partial charge in [0.2, 0.25) is 0 Å². The number of pyridine rings is 1. The quantitative estimate of drug-likeness (QED) is 0.358. The van der Waals surface area contributed by atoms with Crippen LogP contribution in [-0.2, 0) is 6.54 Å². The maximum Gasteiger partial charge on any atom is 0.195 e. The molecule has 29 heavy (non-hydrogen) atoms. The zero-order valence-electron chi connectivity index (χ0n) is 17.5. The molecular weight excluding hydrogens is 482 g/mol. The smallest absolute Gasteiger partial charge is 0.195 e. The van der Waals surface area contributed by atoms with Crippen molar-refractivity contribution in [3.63, 3.8) is 0 Å². The fourth-order valence-electron chi connectivity index (χ4n) is 3.42. The summed E-state index contributed by atoms with van der Waals surface area (Å²) in [5.74, 6) is 1.73. The Bertz CT molecular complexity index is 791. The van der Waals surface area contributed by atoms with E-state index in [9.17, 15) is 4.39 Å². The first-order chi connectivity index (χ1) is 13.4. The second-order valence-corrected chi connectivity index (χ2v) is 7.38. The van der Waals surface area contributed by atoms with Crippen LogP contribution in [0.3, 0.4) is 0 Å². The van der Waals surface area contributed by atoms with Crippen molar-refractivity contribution in [1.29, 1.82) is 0 Å². The number of aromatic nitrogens is 1. The lowest BCUT2D eigenvalue weighted by molar-refractivity contribution is 0.479. The number of halogens is 2. The standard InChI is InChI=1S/C21H29FN6.HI/c1-25(2)21(26(3)4)24-16-17-9-10-23-20(15-17)28-13-11-27(12-14-28)19-7-5-18(22)6-8-19;/h5-10,15H,11-14,16H2,1-4H3;1H. The lowest BCUT2D eigenvalue weighted by Crippen LogP contribution is -2.46. The number of piperazine rings is 1. The molecule has 0 radical (unpaired) electrons. The Labute approximate surface area is 190 Å². The van der Waals surface area contributed by atoms with Crippen molar-refractivity contribution in [2.45, 2.75) is 6.54 Å². The van der Waals surface area contributed by atoms with Gasteiger partial charge in [0.1, 0.15) is 11.6 Å². The van der Waals surface area contributed by atoms with Gasteiger partial charge in [0, 0.05) is 66.3 Å². The van der Waals surface area contributed by atoms with E-state index < -0.39 is 0 Å². The van der Waals surface area contributed by atoms with E-state index in [4.69, 9.17) is 4.99 Å². The third-order valence-corrected chi connectivity index (χ3v) is 4.81. The maximum atomic E-state index is 13.1. The Morgan fingerprint density at radius 2 is 1.55 bits per heavy atom. The molecule has 8 heteroatoms. The average molecular weight is 512 g/mol. The van der Waals surface area contributed by atoms with E-state index >= 15 is 0 Å². The third kappa shape index (κ3) is 6.19. The van der Waals surface area contributed by atoms with Crippen molar-refractivity contribution >= 4 is 41.4 Å². The monoisotopic (exact) mass is 512 g/mol. The Balaban J connectivity index is 0.00000300. The molecule has 0 unspecified atom stereocenters. The first-order valence-electron chi connectivity index (χ1n) is 9.53. The molecule has 1 fully saturated rings. The molecule has 0 saturated carbocycles. The molecule has 3 rings (SSSR count). The number of nitrogens with zero attached hydrogens (tertiary/aromatic N) is 6. The third-order valence-electron chi connectivity index (χ3n) is 4.81. The summed E-state index contributed by atoms with van der Waals surface area (Å²) in [7, 11) is 7.99. The van der Waals surface area contributed by atoms with Gasteiger partial charge in [0.05, 0.1) is 6.54 Å². The number of aliphatic imine (C=N–C) groups is 1. The molecule has 6 nitrogen and oxygen atoms in total. The van der Waals surface area contributed by atoms with Crippen LogP contribution in [0.25, 0.3) is 0 Å². The van der Waals surface area contributed by atoms with Gasteiger partial charge in [-0.1, -0.05) is 0 Å². The van der Waals surface area contributed by atoms with Crippen molar-refractivity contribution in [2.75, 3.05) is 64.2 Å². The molecule has 0 bridgehead atoms. The summed E-state index contributed by atoms with van der Waals surface area (Å²) >= 11 is 0. The molecule has 0 amide bonds. The highest BCUT2D eigenvalue weighted by atomic mass is 127. The number of hydrogen-bond acceptors (Lipinski definition) is 4. The number of rotatable bonds is 4. The van der Waals surface area contributed by atoms with Gasteiger partial charge in [0.25, 0.3) is 0 Å². The summed E-state index contributed by atoms with van der Waals surface area (Å²) in [6, 6.07) is 10.9. The highest BCUT2D eigenvalue weighted by molar-refractivity contribution is 14.0. The Morgan fingerprint density at radius 1 is 0.966 bits per heavy atom. The van der Waals surface area contributed by atoms with Crippen LogP contribution in [0.2, 0.25) is 0 Å². The highest BCUT2D eigenvalue weighted by Crippen LogP contribution is 2.20. The predicted octanol–water partition coefficient (Wildman–Crippen LogP) is 3.14. The minimum absolute atomic E-state index is 0. The first-order valence-corrected chi connectivity index (χ1v) is 9.53. The Kier molecular flexibility index (Phi) is 8.48. The maximum absolute atomic E-state index is 13.1. The van der Waals surface area contributed by atoms with E-state index in [2.05, 4.69) is 20.9 Å². The lowest BCUT2D eigenvalue weighted by Gasteiger charge is -2.36. The molecule has 0 spiro atoms. The Morgan fingerprint density at radius 3 is 2.14 bits per heavy atom. The van der Waals surface area contributed by atoms with E-state index in [1.807, 2.05) is 62.4 Å². The molecule has 1 aliphatic rings. The summed E-state index contributed by atoms with van der Waals surface area (Å²) in [5.41, 5.74) is 2.21. The van der Waals surface area contributed by atoms with Crippen molar-refractivity contribution in [2.24, 2.45) is 4.99 Å². The van der Waals surface area contributed by atoms with Gasteiger partial charge >= 0.3 is 0 Å². The van der Waals surface area contributed by atoms with E-state index in [0.717, 1.165) is 49.2 Å². The Hall–Kier alpha value is -2.10. The second-order valence-electron chi connectivity index (χ2n) is 7.38. The van der Waals surface area contributed by atoms with Crippen LogP contribution in [0.15, 0.2) is 47.6 Å². The van der Waals surface area contributed by atoms with E-state index in [1.54, 1.807) is 0 Å². The summed E-state index contributed by atoms with van der Waals surface area (Å²) in [5, 5.41) is 0. The minimum Gasteiger partial charge on any atom is -0.368 e. The summed E-state index contributed by atoms with van der Waals surface area (Å²) in [4.78, 5) is 17.9. The van der Waals surface area contributed by atoms with Gasteiger partial charge in [0.15, 0.2) is 5.96 Å². The van der Waals surface area contributed by atoms with Crippen LogP contribution < -0.4 is 9.80 Å². The van der Waals surface area contributed by atoms with Gasteiger partial charge in [-0.2, -0.15) is 0 Å². The van der Waals surface area contributed by atoms with E-state index in [1.165, 1.54) is 12.1 Å². The number of guanidine groups is 1. The predicted molar refractivity (Wildman–Crippen MR) is 129 cm³/mol. The normalized spacial score (nSPS) is 13.6. The number of anilines is 2. The minimum atomic E-state index is -0.197. The average Bonchev–Trinajstić information content (AvgIpc) is 2.68. The molecule has 0 aliphatic carbocycles. The van der Waals surface area contributed by atoms with Crippen LogP contribution in [0.4, 0.5) is 15.9 Å². The van der Waals surface area contributed by atoms with Crippen LogP contribution in [0.5, 0.6) is 0 Å². The van der Waals surface area contributed by atoms with Crippen molar-refractivity contribution < 1.29 is 4.39 Å². The van der Waals surface area contributed by atoms with Gasteiger partial charge in [-0.05, 0) is 42.0 Å². The zero-order valence-corrected chi connectivity index (χ0v) is 19.9. The molecule has 1 aromatic carbocycles. The van der Waals surface area contributed by atoms with Crippen LogP contribution >= 0.6 is 24.0 Å². The molecule has 158 valence electrons. The highest BCUT2D eigenvalue weighted by Gasteiger charge is 2.18. The topological polar surface area (TPSA) is 38.2 Å². The fraction of sp³-hybridized carbons (Fsp3) is 0.429. The lowest BCUT2D eigenvalue weighted by atomic mass is 10.2. The van der Waals surface area contributed by atoms with E-state index in [-0.39, 0.29) is 29.8 Å². The summed E-state index contributed by atoms with van der Waals surface area (Å²) in [6.45, 7) is 4.18. The van der Waals surface area contributed by atoms with Crippen molar-refractivity contribution in [1.82, 2.24) is 14.8 Å². The molecule has 1 aliphatic heterocycles. The van der Waals surface area contributed by atoms with Crippen molar-refractivity contribution in [3.8, 4) is 0 Å². The van der Waals surface area contributed by atoms with Gasteiger partial charge < -0.3 is 19.6 Å². The number of benzene rings is 1. The summed E-state index contributed by atoms with van der Waals surface area (Å²) < 4.78 is 13.1. The van der Waals surface area contributed by atoms with Crippen LogP contribution in [0, 0.1) is 5.82 Å². The number of hydrogen-bond donors (Lipinski definition) is 0. The van der Waals surface area contributed by atoms with Crippen LogP contribution in [-0.4, -0.2) is 75.1 Å². The first kappa shape index (κ1) is 23.2. The second kappa shape index (κ2) is 10.6. The fourth-order valence-corrected chi connectivity index (χ4v) is 3.42. The molecule has 1 aromatic heterocycles. The molecule has 1 saturated heterocycles. The molecule has 2 heterocycles. The largest absolute Gasteiger partial charge is 0.368 e. The van der Waals surface area contributed by atoms with Crippen LogP contribution in [0.1, 0.15) is 5.56 Å². The molecule has 2 aromatic rings. The molecule has 0 N–H and O–H groups in total. The molecular formula is C21H30FIN6. The zero-order chi connectivity index (χ0) is 20.1. The van der Waals surface area contributed by atoms with E-state index in [0.29, 0.717) is 6.54 Å². The van der Waals surface area contributed by atoms with Crippen molar-refractivity contribution in [3.05, 3.63) is 54.0 Å². The van der Waals surface area contributed by atoms with Gasteiger partial charge in [-0.3, -0.25) is 0 Å². The summed E-state index contributed by atoms with van der Waals surface area (Å²) in [6.07, 6.45) is 1.86. The molecule has 0 atom stereocenters. The van der Waals surface area contributed by atoms with Gasteiger partial charge in [-0.15, -0.1) is 24.0 Å².